The Bertz CT molecular complexity index is 1600. The van der Waals surface area contributed by atoms with Crippen LogP contribution in [0.3, 0.4) is 0 Å². The molecular formula is C29H18F6. The summed E-state index contributed by atoms with van der Waals surface area (Å²) < 4.78 is 86.1. The maximum Gasteiger partial charge on any atom is 0.195 e. The normalized spacial score (nSPS) is 11.5. The highest BCUT2D eigenvalue weighted by Crippen LogP contribution is 2.35. The van der Waals surface area contributed by atoms with Gasteiger partial charge in [0.05, 0.1) is 5.39 Å². The molecule has 5 rings (SSSR count). The van der Waals surface area contributed by atoms with Gasteiger partial charge >= 0.3 is 0 Å². The van der Waals surface area contributed by atoms with Crippen LogP contribution in [-0.2, 0) is 6.42 Å². The number of benzene rings is 5. The minimum Gasteiger partial charge on any atom is -0.206 e. The van der Waals surface area contributed by atoms with Gasteiger partial charge in [0.15, 0.2) is 29.1 Å². The fourth-order valence-corrected chi connectivity index (χ4v) is 4.41. The van der Waals surface area contributed by atoms with Gasteiger partial charge in [-0.1, -0.05) is 49.7 Å². The third-order valence-corrected chi connectivity index (χ3v) is 6.18. The topological polar surface area (TPSA) is 0 Å². The molecule has 0 aliphatic heterocycles. The molecule has 0 spiro atoms. The van der Waals surface area contributed by atoms with E-state index in [0.717, 1.165) is 24.5 Å². The smallest absolute Gasteiger partial charge is 0.195 e. The Morgan fingerprint density at radius 3 is 1.97 bits per heavy atom. The van der Waals surface area contributed by atoms with Crippen LogP contribution in [0.15, 0.2) is 66.7 Å². The third kappa shape index (κ3) is 3.93. The molecule has 0 bridgehead atoms. The van der Waals surface area contributed by atoms with E-state index in [1.165, 1.54) is 12.1 Å². The summed E-state index contributed by atoms with van der Waals surface area (Å²) in [6.45, 7) is 2.06. The fraction of sp³-hybridized carbons (Fsp3) is 0.103. The summed E-state index contributed by atoms with van der Waals surface area (Å²) in [5, 5.41) is -0.464. The number of hydrogen-bond acceptors (Lipinski definition) is 0. The van der Waals surface area contributed by atoms with Crippen LogP contribution in [-0.4, -0.2) is 0 Å². The lowest BCUT2D eigenvalue weighted by Crippen LogP contribution is -1.96. The lowest BCUT2D eigenvalue weighted by molar-refractivity contribution is 0.451. The highest BCUT2D eigenvalue weighted by Gasteiger charge is 2.19. The van der Waals surface area contributed by atoms with Crippen LogP contribution in [0, 0.1) is 34.9 Å². The van der Waals surface area contributed by atoms with E-state index in [1.807, 2.05) is 12.1 Å². The molecule has 5 aromatic carbocycles. The molecule has 176 valence electrons. The first-order valence-corrected chi connectivity index (χ1v) is 11.1. The quantitative estimate of drug-likeness (QED) is 0.178. The zero-order chi connectivity index (χ0) is 24.9. The lowest BCUT2D eigenvalue weighted by atomic mass is 9.95. The Balaban J connectivity index is 1.62. The van der Waals surface area contributed by atoms with Gasteiger partial charge < -0.3 is 0 Å². The molecule has 0 heterocycles. The van der Waals surface area contributed by atoms with E-state index in [-0.39, 0.29) is 21.9 Å². The molecule has 35 heavy (non-hydrogen) atoms. The van der Waals surface area contributed by atoms with E-state index >= 15 is 8.78 Å². The highest BCUT2D eigenvalue weighted by atomic mass is 19.2. The monoisotopic (exact) mass is 480 g/mol. The van der Waals surface area contributed by atoms with Gasteiger partial charge in [-0.3, -0.25) is 0 Å². The average Bonchev–Trinajstić information content (AvgIpc) is 2.85. The second-order valence-corrected chi connectivity index (χ2v) is 8.48. The van der Waals surface area contributed by atoms with E-state index in [2.05, 4.69) is 6.92 Å². The maximum atomic E-state index is 15.1. The van der Waals surface area contributed by atoms with E-state index < -0.39 is 40.3 Å². The van der Waals surface area contributed by atoms with E-state index in [1.54, 1.807) is 30.3 Å². The van der Waals surface area contributed by atoms with Crippen LogP contribution in [0.4, 0.5) is 26.3 Å². The molecule has 0 nitrogen and oxygen atoms in total. The lowest BCUT2D eigenvalue weighted by Gasteiger charge is -2.12. The number of hydrogen-bond donors (Lipinski definition) is 0. The van der Waals surface area contributed by atoms with Crippen LogP contribution in [0.5, 0.6) is 0 Å². The van der Waals surface area contributed by atoms with Crippen LogP contribution in [0.1, 0.15) is 18.9 Å². The van der Waals surface area contributed by atoms with Gasteiger partial charge in [0.2, 0.25) is 0 Å². The van der Waals surface area contributed by atoms with Crippen molar-refractivity contribution in [1.29, 1.82) is 0 Å². The largest absolute Gasteiger partial charge is 0.206 e. The van der Waals surface area contributed by atoms with Gasteiger partial charge in [0.1, 0.15) is 5.82 Å². The van der Waals surface area contributed by atoms with E-state index in [9.17, 15) is 17.6 Å². The number of rotatable bonds is 4. The zero-order valence-corrected chi connectivity index (χ0v) is 18.5. The van der Waals surface area contributed by atoms with Crippen molar-refractivity contribution in [3.63, 3.8) is 0 Å². The van der Waals surface area contributed by atoms with Gasteiger partial charge in [0.25, 0.3) is 0 Å². The molecule has 0 saturated heterocycles. The molecule has 0 saturated carbocycles. The molecule has 0 radical (unpaired) electrons. The van der Waals surface area contributed by atoms with Crippen molar-refractivity contribution in [2.45, 2.75) is 19.8 Å². The van der Waals surface area contributed by atoms with Crippen molar-refractivity contribution in [2.75, 3.05) is 0 Å². The van der Waals surface area contributed by atoms with Crippen LogP contribution >= 0.6 is 0 Å². The average molecular weight is 480 g/mol. The first-order valence-electron chi connectivity index (χ1n) is 11.1. The van der Waals surface area contributed by atoms with Crippen molar-refractivity contribution >= 4 is 21.5 Å². The first-order chi connectivity index (χ1) is 16.8. The zero-order valence-electron chi connectivity index (χ0n) is 18.5. The van der Waals surface area contributed by atoms with Gasteiger partial charge in [-0.15, -0.1) is 0 Å². The molecular weight excluding hydrogens is 462 g/mol. The van der Waals surface area contributed by atoms with Crippen molar-refractivity contribution < 1.29 is 26.3 Å². The van der Waals surface area contributed by atoms with Crippen LogP contribution in [0.25, 0.3) is 43.8 Å². The Morgan fingerprint density at radius 2 is 1.26 bits per heavy atom. The molecule has 5 aromatic rings. The van der Waals surface area contributed by atoms with Gasteiger partial charge in [-0.2, -0.15) is 0 Å². The number of aryl methyl sites for hydroxylation is 1. The molecule has 0 unspecified atom stereocenters. The highest BCUT2D eigenvalue weighted by molar-refractivity contribution is 5.94. The number of halogens is 6. The molecule has 6 heteroatoms. The summed E-state index contributed by atoms with van der Waals surface area (Å²) in [4.78, 5) is 0. The van der Waals surface area contributed by atoms with Gasteiger partial charge in [0, 0.05) is 10.9 Å². The van der Waals surface area contributed by atoms with Crippen molar-refractivity contribution in [3.05, 3.63) is 107 Å². The summed E-state index contributed by atoms with van der Waals surface area (Å²) in [5.74, 6) is -8.00. The van der Waals surface area contributed by atoms with Crippen molar-refractivity contribution in [1.82, 2.24) is 0 Å². The second kappa shape index (κ2) is 8.77. The molecule has 0 fully saturated rings. The third-order valence-electron chi connectivity index (χ3n) is 6.18. The van der Waals surface area contributed by atoms with Gasteiger partial charge in [-0.05, 0) is 69.8 Å². The van der Waals surface area contributed by atoms with Crippen LogP contribution < -0.4 is 0 Å². The minimum atomic E-state index is -1.76. The maximum absolute atomic E-state index is 15.1. The molecule has 0 atom stereocenters. The first kappa shape index (κ1) is 23.0. The Kier molecular flexibility index (Phi) is 5.75. The minimum absolute atomic E-state index is 0.0247. The molecule has 0 aromatic heterocycles. The van der Waals surface area contributed by atoms with Gasteiger partial charge in [-0.25, -0.2) is 26.3 Å². The van der Waals surface area contributed by atoms with Crippen molar-refractivity contribution in [2.24, 2.45) is 0 Å². The molecule has 0 aliphatic carbocycles. The summed E-state index contributed by atoms with van der Waals surface area (Å²) in [5.41, 5.74) is 2.25. The predicted octanol–water partition coefficient (Wildman–Crippen LogP) is 9.11. The van der Waals surface area contributed by atoms with Crippen LogP contribution in [0.2, 0.25) is 0 Å². The summed E-state index contributed by atoms with van der Waals surface area (Å²) in [6.07, 6.45) is 1.86. The Hall–Kier alpha value is -3.80. The van der Waals surface area contributed by atoms with E-state index in [0.29, 0.717) is 22.6 Å². The molecule has 0 aliphatic rings. The fourth-order valence-electron chi connectivity index (χ4n) is 4.41. The summed E-state index contributed by atoms with van der Waals surface area (Å²) in [6, 6.07) is 16.2. The predicted molar refractivity (Wildman–Crippen MR) is 126 cm³/mol. The molecule has 0 amide bonds. The molecule has 0 N–H and O–H groups in total. The summed E-state index contributed by atoms with van der Waals surface area (Å²) in [7, 11) is 0. The second-order valence-electron chi connectivity index (χ2n) is 8.48. The standard InChI is InChI=1S/C29H18F6/c1-2-3-15-4-6-16(7-5-15)21-12-18-9-8-17(11-22(18)27(33)26(21)32)19-10-20-14-24(31)28(34)29(35)25(20)23(30)13-19/h4-14H,2-3H2,1H3. The Morgan fingerprint density at radius 1 is 0.543 bits per heavy atom. The SMILES string of the molecule is CCCc1ccc(-c2cc3ccc(-c4cc(F)c5c(F)c(F)c(F)cc5c4)cc3c(F)c2F)cc1. The number of fused-ring (bicyclic) bond motifs is 2. The van der Waals surface area contributed by atoms with E-state index in [4.69, 9.17) is 0 Å². The Labute approximate surface area is 197 Å². The van der Waals surface area contributed by atoms with Crippen molar-refractivity contribution in [3.8, 4) is 22.3 Å². The summed E-state index contributed by atoms with van der Waals surface area (Å²) >= 11 is 0.